The van der Waals surface area contributed by atoms with Gasteiger partial charge in [-0.05, 0) is 43.3 Å². The van der Waals surface area contributed by atoms with Crippen LogP contribution < -0.4 is 5.56 Å². The van der Waals surface area contributed by atoms with E-state index >= 15 is 0 Å². The summed E-state index contributed by atoms with van der Waals surface area (Å²) in [5.41, 5.74) is 1.53. The predicted molar refractivity (Wildman–Crippen MR) is 92.6 cm³/mol. The lowest BCUT2D eigenvalue weighted by molar-refractivity contribution is 0.475. The van der Waals surface area contributed by atoms with E-state index in [2.05, 4.69) is 5.10 Å². The fourth-order valence-corrected chi connectivity index (χ4v) is 3.00. The zero-order valence-electron chi connectivity index (χ0n) is 12.4. The number of nitrogens with zero attached hydrogens (tertiary/aromatic N) is 2. The second kappa shape index (κ2) is 5.26. The molecule has 0 aromatic heterocycles. The second-order valence-corrected chi connectivity index (χ2v) is 6.19. The van der Waals surface area contributed by atoms with Gasteiger partial charge in [-0.25, -0.2) is 0 Å². The van der Waals surface area contributed by atoms with Crippen LogP contribution in [0.15, 0.2) is 45.6 Å². The van der Waals surface area contributed by atoms with Crippen LogP contribution in [0.5, 0.6) is 5.75 Å². The number of aryl methyl sites for hydroxylation is 1. The molecule has 24 heavy (non-hydrogen) atoms. The zero-order valence-corrected chi connectivity index (χ0v) is 13.9. The molecule has 1 N–H and O–H groups in total. The van der Waals surface area contributed by atoms with Gasteiger partial charge in [-0.15, -0.1) is 0 Å². The third-order valence-corrected chi connectivity index (χ3v) is 4.56. The predicted octanol–water partition coefficient (Wildman–Crippen LogP) is 4.40. The minimum atomic E-state index is -0.324. The van der Waals surface area contributed by atoms with E-state index in [9.17, 15) is 9.90 Å². The van der Waals surface area contributed by atoms with Crippen molar-refractivity contribution in [3.63, 3.8) is 0 Å². The Morgan fingerprint density at radius 3 is 2.67 bits per heavy atom. The maximum Gasteiger partial charge on any atom is 0.284 e. The number of phenolic OH excluding ortho intramolecular Hbond substituents is 1. The van der Waals surface area contributed by atoms with Crippen LogP contribution in [0.1, 0.15) is 5.76 Å². The van der Waals surface area contributed by atoms with E-state index in [0.717, 1.165) is 0 Å². The molecule has 2 aromatic carbocycles. The summed E-state index contributed by atoms with van der Waals surface area (Å²) in [7, 11) is 0. The average Bonchev–Trinajstić information content (AvgIpc) is 2.89. The van der Waals surface area contributed by atoms with Crippen molar-refractivity contribution < 1.29 is 9.52 Å². The fraction of sp³-hybridized carbons (Fsp3) is 0.0588. The number of rotatable bonds is 1. The van der Waals surface area contributed by atoms with Gasteiger partial charge in [-0.2, -0.15) is 9.78 Å². The van der Waals surface area contributed by atoms with Crippen molar-refractivity contribution in [1.29, 1.82) is 0 Å². The van der Waals surface area contributed by atoms with E-state index in [0.29, 0.717) is 43.7 Å². The normalized spacial score (nSPS) is 11.5. The van der Waals surface area contributed by atoms with Gasteiger partial charge in [0.05, 0.1) is 15.7 Å². The minimum Gasteiger partial charge on any atom is -0.508 e. The SMILES string of the molecule is Cc1oc2ccc(O)cc2c2nn(-c3ccc(Cl)c(Cl)c3)c(=O)c1-2. The van der Waals surface area contributed by atoms with Crippen molar-refractivity contribution in [1.82, 2.24) is 9.78 Å². The maximum atomic E-state index is 12.8. The Kier molecular flexibility index (Phi) is 3.30. The van der Waals surface area contributed by atoms with Crippen molar-refractivity contribution in [3.05, 3.63) is 62.6 Å². The topological polar surface area (TPSA) is 68.3 Å². The van der Waals surface area contributed by atoms with Crippen molar-refractivity contribution in [2.24, 2.45) is 0 Å². The number of fused-ring (bicyclic) bond motifs is 3. The lowest BCUT2D eigenvalue weighted by atomic mass is 10.1. The smallest absolute Gasteiger partial charge is 0.284 e. The molecule has 0 saturated heterocycles. The van der Waals surface area contributed by atoms with Gasteiger partial charge in [0.15, 0.2) is 0 Å². The Bertz CT molecular complexity index is 1130. The number of aromatic nitrogens is 2. The molecule has 0 amide bonds. The number of hydrogen-bond acceptors (Lipinski definition) is 4. The van der Waals surface area contributed by atoms with Gasteiger partial charge in [0.1, 0.15) is 28.4 Å². The molecule has 4 rings (SSSR count). The molecule has 0 radical (unpaired) electrons. The summed E-state index contributed by atoms with van der Waals surface area (Å²) in [5.74, 6) is 0.527. The summed E-state index contributed by atoms with van der Waals surface area (Å²) in [6, 6.07) is 9.51. The monoisotopic (exact) mass is 360 g/mol. The fourth-order valence-electron chi connectivity index (χ4n) is 2.71. The number of hydrogen-bond donors (Lipinski definition) is 1. The molecule has 0 unspecified atom stereocenters. The van der Waals surface area contributed by atoms with Gasteiger partial charge in [0, 0.05) is 5.39 Å². The second-order valence-electron chi connectivity index (χ2n) is 5.38. The molecule has 7 heteroatoms. The van der Waals surface area contributed by atoms with Crippen molar-refractivity contribution in [2.75, 3.05) is 0 Å². The van der Waals surface area contributed by atoms with E-state index in [1.807, 2.05) is 0 Å². The van der Waals surface area contributed by atoms with Crippen LogP contribution >= 0.6 is 23.2 Å². The molecule has 0 spiro atoms. The summed E-state index contributed by atoms with van der Waals surface area (Å²) < 4.78 is 6.94. The Morgan fingerprint density at radius 2 is 1.92 bits per heavy atom. The highest BCUT2D eigenvalue weighted by atomic mass is 35.5. The molecule has 5 nitrogen and oxygen atoms in total. The highest BCUT2D eigenvalue weighted by Gasteiger charge is 2.23. The molecule has 2 aliphatic rings. The molecule has 0 bridgehead atoms. The average molecular weight is 361 g/mol. The van der Waals surface area contributed by atoms with Gasteiger partial charge in [-0.3, -0.25) is 4.79 Å². The van der Waals surface area contributed by atoms with Gasteiger partial charge >= 0.3 is 0 Å². The van der Waals surface area contributed by atoms with Crippen molar-refractivity contribution in [2.45, 2.75) is 6.92 Å². The standard InChI is InChI=1S/C17H10Cl2N2O3/c1-8-15-16(11-7-10(22)3-5-14(11)24-8)20-21(17(15)23)9-2-4-12(18)13(19)6-9/h2-7,22H,1H3. The largest absolute Gasteiger partial charge is 0.508 e. The summed E-state index contributed by atoms with van der Waals surface area (Å²) in [6.45, 7) is 1.71. The summed E-state index contributed by atoms with van der Waals surface area (Å²) in [4.78, 5) is 12.8. The van der Waals surface area contributed by atoms with Crippen LogP contribution in [0.3, 0.4) is 0 Å². The lowest BCUT2D eigenvalue weighted by Gasteiger charge is -2.05. The molecule has 0 aliphatic carbocycles. The van der Waals surface area contributed by atoms with Crippen LogP contribution in [0.4, 0.5) is 0 Å². The molecule has 120 valence electrons. The number of phenols is 1. The first-order valence-electron chi connectivity index (χ1n) is 7.06. The molecular formula is C17H10Cl2N2O3. The summed E-state index contributed by atoms with van der Waals surface area (Å²) in [5, 5.41) is 15.4. The molecule has 2 heterocycles. The van der Waals surface area contributed by atoms with Crippen molar-refractivity contribution >= 4 is 34.2 Å². The lowest BCUT2D eigenvalue weighted by Crippen LogP contribution is -2.15. The van der Waals surface area contributed by atoms with Crippen molar-refractivity contribution in [3.8, 4) is 22.7 Å². The Morgan fingerprint density at radius 1 is 1.12 bits per heavy atom. The number of halogens is 2. The highest BCUT2D eigenvalue weighted by Crippen LogP contribution is 2.33. The first kappa shape index (κ1) is 15.1. The van der Waals surface area contributed by atoms with E-state index in [-0.39, 0.29) is 11.3 Å². The molecule has 0 saturated carbocycles. The number of aromatic hydroxyl groups is 1. The molecule has 2 aromatic rings. The van der Waals surface area contributed by atoms with Crippen LogP contribution in [0.2, 0.25) is 10.0 Å². The highest BCUT2D eigenvalue weighted by molar-refractivity contribution is 6.42. The minimum absolute atomic E-state index is 0.0689. The third-order valence-electron chi connectivity index (χ3n) is 3.82. The van der Waals surface area contributed by atoms with Crippen LogP contribution in [-0.4, -0.2) is 14.9 Å². The Labute approximate surface area is 146 Å². The van der Waals surface area contributed by atoms with E-state index in [1.165, 1.54) is 16.8 Å². The zero-order chi connectivity index (χ0) is 17.0. The van der Waals surface area contributed by atoms with Gasteiger partial charge in [0.25, 0.3) is 5.56 Å². The van der Waals surface area contributed by atoms with Gasteiger partial charge in [-0.1, -0.05) is 23.2 Å². The Hall–Kier alpha value is -2.50. The first-order valence-corrected chi connectivity index (χ1v) is 7.82. The summed E-state index contributed by atoms with van der Waals surface area (Å²) >= 11 is 12.0. The first-order chi connectivity index (χ1) is 11.5. The van der Waals surface area contributed by atoms with E-state index in [4.69, 9.17) is 27.6 Å². The van der Waals surface area contributed by atoms with Crippen LogP contribution in [0, 0.1) is 6.92 Å². The van der Waals surface area contributed by atoms with E-state index < -0.39 is 0 Å². The molecular weight excluding hydrogens is 351 g/mol. The Balaban J connectivity index is 2.09. The third kappa shape index (κ3) is 2.17. The number of benzene rings is 2. The quantitative estimate of drug-likeness (QED) is 0.546. The van der Waals surface area contributed by atoms with Gasteiger partial charge in [0.2, 0.25) is 0 Å². The molecule has 0 atom stereocenters. The van der Waals surface area contributed by atoms with Crippen LogP contribution in [-0.2, 0) is 0 Å². The van der Waals surface area contributed by atoms with E-state index in [1.54, 1.807) is 31.2 Å². The molecule has 0 fully saturated rings. The van der Waals surface area contributed by atoms with Crippen LogP contribution in [0.25, 0.3) is 27.9 Å². The van der Waals surface area contributed by atoms with Gasteiger partial charge < -0.3 is 9.52 Å². The molecule has 2 aliphatic heterocycles. The summed E-state index contributed by atoms with van der Waals surface area (Å²) in [6.07, 6.45) is 0. The maximum absolute atomic E-state index is 12.8.